The van der Waals surface area contributed by atoms with E-state index in [9.17, 15) is 0 Å². The molecule has 13 heavy (non-hydrogen) atoms. The molecule has 0 saturated heterocycles. The highest BCUT2D eigenvalue weighted by Crippen LogP contribution is 2.31. The van der Waals surface area contributed by atoms with Gasteiger partial charge in [0.2, 0.25) is 0 Å². The molecule has 0 unspecified atom stereocenters. The van der Waals surface area contributed by atoms with Crippen molar-refractivity contribution in [3.05, 3.63) is 17.7 Å². The Hall–Kier alpha value is -0.830. The summed E-state index contributed by atoms with van der Waals surface area (Å²) in [7, 11) is 0. The van der Waals surface area contributed by atoms with E-state index in [4.69, 9.17) is 5.73 Å². The van der Waals surface area contributed by atoms with Crippen LogP contribution in [-0.4, -0.2) is 9.55 Å². The number of nitrogens with zero attached hydrogens (tertiary/aromatic N) is 2. The Labute approximate surface area is 79.0 Å². The van der Waals surface area contributed by atoms with Gasteiger partial charge in [-0.15, -0.1) is 0 Å². The van der Waals surface area contributed by atoms with E-state index in [2.05, 4.69) is 16.5 Å². The minimum atomic E-state index is 0.560. The molecule has 72 valence electrons. The molecule has 1 fully saturated rings. The Morgan fingerprint density at radius 2 is 2.23 bits per heavy atom. The molecule has 3 nitrogen and oxygen atoms in total. The Morgan fingerprint density at radius 3 is 2.85 bits per heavy atom. The Bertz CT molecular complexity index is 284. The van der Waals surface area contributed by atoms with Gasteiger partial charge in [0.05, 0.1) is 6.54 Å². The number of imidazole rings is 1. The quantitative estimate of drug-likeness (QED) is 0.751. The lowest BCUT2D eigenvalue weighted by Gasteiger charge is -2.16. The molecule has 1 aliphatic carbocycles. The van der Waals surface area contributed by atoms with Gasteiger partial charge in [-0.05, 0) is 19.8 Å². The smallest absolute Gasteiger partial charge is 0.122 e. The number of rotatable bonds is 2. The lowest BCUT2D eigenvalue weighted by atomic mass is 10.2. The van der Waals surface area contributed by atoms with Gasteiger partial charge in [0.15, 0.2) is 0 Å². The first kappa shape index (κ1) is 8.75. The highest BCUT2D eigenvalue weighted by molar-refractivity contribution is 5.06. The van der Waals surface area contributed by atoms with E-state index in [1.807, 2.05) is 6.20 Å². The average Bonchev–Trinajstić information content (AvgIpc) is 2.72. The van der Waals surface area contributed by atoms with Gasteiger partial charge in [-0.2, -0.15) is 0 Å². The van der Waals surface area contributed by atoms with Crippen LogP contribution in [0.2, 0.25) is 0 Å². The Balaban J connectivity index is 2.30. The molecule has 3 heteroatoms. The van der Waals surface area contributed by atoms with Gasteiger partial charge in [0.1, 0.15) is 5.82 Å². The second-order valence-corrected chi connectivity index (χ2v) is 3.83. The van der Waals surface area contributed by atoms with E-state index in [1.165, 1.54) is 31.4 Å². The van der Waals surface area contributed by atoms with Crippen LogP contribution in [0.1, 0.15) is 43.2 Å². The van der Waals surface area contributed by atoms with E-state index < -0.39 is 0 Å². The molecule has 0 radical (unpaired) electrons. The maximum absolute atomic E-state index is 5.65. The summed E-state index contributed by atoms with van der Waals surface area (Å²) >= 11 is 0. The lowest BCUT2D eigenvalue weighted by Crippen LogP contribution is -2.13. The molecule has 2 rings (SSSR count). The Kier molecular flexibility index (Phi) is 2.36. The number of aryl methyl sites for hydroxylation is 1. The molecule has 1 aliphatic rings. The fourth-order valence-electron chi connectivity index (χ4n) is 2.31. The molecule has 0 aliphatic heterocycles. The highest BCUT2D eigenvalue weighted by Gasteiger charge is 2.20. The summed E-state index contributed by atoms with van der Waals surface area (Å²) < 4.78 is 2.33. The van der Waals surface area contributed by atoms with Crippen molar-refractivity contribution in [2.45, 2.75) is 45.2 Å². The number of nitrogens with two attached hydrogens (primary N) is 1. The van der Waals surface area contributed by atoms with Crippen molar-refractivity contribution in [3.63, 3.8) is 0 Å². The van der Waals surface area contributed by atoms with Gasteiger partial charge in [-0.25, -0.2) is 4.98 Å². The summed E-state index contributed by atoms with van der Waals surface area (Å²) in [6, 6.07) is 0.668. The first-order valence-corrected chi connectivity index (χ1v) is 5.05. The van der Waals surface area contributed by atoms with Gasteiger partial charge >= 0.3 is 0 Å². The first-order chi connectivity index (χ1) is 6.33. The normalized spacial score (nSPS) is 18.3. The predicted octanol–water partition coefficient (Wildman–Crippen LogP) is 1.77. The molecule has 0 amide bonds. The fraction of sp³-hybridized carbons (Fsp3) is 0.700. The SMILES string of the molecule is Cc1cnc(CN)n1C1CCCC1. The van der Waals surface area contributed by atoms with Crippen LogP contribution in [0.5, 0.6) is 0 Å². The zero-order valence-electron chi connectivity index (χ0n) is 8.16. The minimum absolute atomic E-state index is 0.560. The number of hydrogen-bond donors (Lipinski definition) is 1. The number of aromatic nitrogens is 2. The van der Waals surface area contributed by atoms with E-state index in [0.29, 0.717) is 12.6 Å². The van der Waals surface area contributed by atoms with Crippen LogP contribution in [0.15, 0.2) is 6.20 Å². The Morgan fingerprint density at radius 1 is 1.54 bits per heavy atom. The van der Waals surface area contributed by atoms with Crippen molar-refractivity contribution in [1.29, 1.82) is 0 Å². The molecule has 0 aromatic carbocycles. The van der Waals surface area contributed by atoms with E-state index in [0.717, 1.165) is 5.82 Å². The minimum Gasteiger partial charge on any atom is -0.328 e. The summed E-state index contributed by atoms with van der Waals surface area (Å²) in [5.74, 6) is 1.05. The van der Waals surface area contributed by atoms with Gasteiger partial charge < -0.3 is 10.3 Å². The van der Waals surface area contributed by atoms with Crippen LogP contribution in [0.25, 0.3) is 0 Å². The maximum atomic E-state index is 5.65. The largest absolute Gasteiger partial charge is 0.328 e. The van der Waals surface area contributed by atoms with Crippen LogP contribution in [0, 0.1) is 6.92 Å². The van der Waals surface area contributed by atoms with Gasteiger partial charge in [-0.1, -0.05) is 12.8 Å². The van der Waals surface area contributed by atoms with Gasteiger partial charge in [0.25, 0.3) is 0 Å². The number of hydrogen-bond acceptors (Lipinski definition) is 2. The van der Waals surface area contributed by atoms with Crippen molar-refractivity contribution in [2.75, 3.05) is 0 Å². The van der Waals surface area contributed by atoms with Crippen molar-refractivity contribution in [3.8, 4) is 0 Å². The van der Waals surface area contributed by atoms with Crippen LogP contribution >= 0.6 is 0 Å². The van der Waals surface area contributed by atoms with Crippen LogP contribution < -0.4 is 5.73 Å². The van der Waals surface area contributed by atoms with E-state index in [1.54, 1.807) is 0 Å². The molecule has 0 atom stereocenters. The van der Waals surface area contributed by atoms with Gasteiger partial charge in [-0.3, -0.25) is 0 Å². The summed E-state index contributed by atoms with van der Waals surface area (Å²) in [4.78, 5) is 4.32. The molecule has 0 spiro atoms. The molecule has 2 N–H and O–H groups in total. The van der Waals surface area contributed by atoms with Crippen molar-refractivity contribution in [2.24, 2.45) is 5.73 Å². The van der Waals surface area contributed by atoms with Crippen molar-refractivity contribution < 1.29 is 0 Å². The highest BCUT2D eigenvalue weighted by atomic mass is 15.1. The van der Waals surface area contributed by atoms with E-state index in [-0.39, 0.29) is 0 Å². The second kappa shape index (κ2) is 3.50. The molecule has 1 aromatic heterocycles. The molecule has 1 heterocycles. The summed E-state index contributed by atoms with van der Waals surface area (Å²) in [5.41, 5.74) is 6.91. The van der Waals surface area contributed by atoms with Crippen LogP contribution in [0.4, 0.5) is 0 Å². The third-order valence-corrected chi connectivity index (χ3v) is 2.93. The zero-order chi connectivity index (χ0) is 9.26. The predicted molar refractivity (Wildman–Crippen MR) is 52.4 cm³/mol. The third-order valence-electron chi connectivity index (χ3n) is 2.93. The lowest BCUT2D eigenvalue weighted by molar-refractivity contribution is 0.488. The average molecular weight is 179 g/mol. The molecular weight excluding hydrogens is 162 g/mol. The standard InChI is InChI=1S/C10H17N3/c1-8-7-12-10(6-11)13(8)9-4-2-3-5-9/h7,9H,2-6,11H2,1H3. The second-order valence-electron chi connectivity index (χ2n) is 3.83. The summed E-state index contributed by atoms with van der Waals surface area (Å²) in [6.45, 7) is 2.68. The van der Waals surface area contributed by atoms with E-state index >= 15 is 0 Å². The third kappa shape index (κ3) is 1.48. The van der Waals surface area contributed by atoms with Crippen LogP contribution in [0.3, 0.4) is 0 Å². The first-order valence-electron chi connectivity index (χ1n) is 5.05. The topological polar surface area (TPSA) is 43.8 Å². The van der Waals surface area contributed by atoms with Crippen molar-refractivity contribution >= 4 is 0 Å². The van der Waals surface area contributed by atoms with Gasteiger partial charge in [0, 0.05) is 17.9 Å². The summed E-state index contributed by atoms with van der Waals surface area (Å²) in [6.07, 6.45) is 7.23. The van der Waals surface area contributed by atoms with Crippen molar-refractivity contribution in [1.82, 2.24) is 9.55 Å². The van der Waals surface area contributed by atoms with Crippen LogP contribution in [-0.2, 0) is 6.54 Å². The molecular formula is C10H17N3. The zero-order valence-corrected chi connectivity index (χ0v) is 8.16. The molecule has 1 aromatic rings. The molecule has 0 bridgehead atoms. The molecule has 1 saturated carbocycles. The monoisotopic (exact) mass is 179 g/mol. The maximum Gasteiger partial charge on any atom is 0.122 e. The fourth-order valence-corrected chi connectivity index (χ4v) is 2.31. The summed E-state index contributed by atoms with van der Waals surface area (Å²) in [5, 5.41) is 0.